The molecule has 82 valence electrons. The minimum absolute atomic E-state index is 0.138. The van der Waals surface area contributed by atoms with Crippen LogP contribution in [0.25, 0.3) is 0 Å². The van der Waals surface area contributed by atoms with E-state index in [1.54, 1.807) is 0 Å². The zero-order valence-electron chi connectivity index (χ0n) is 9.21. The Morgan fingerprint density at radius 2 is 1.86 bits per heavy atom. The van der Waals surface area contributed by atoms with Crippen molar-refractivity contribution in [2.24, 2.45) is 5.41 Å². The first kappa shape index (κ1) is 13.4. The lowest BCUT2D eigenvalue weighted by Gasteiger charge is -2.18. The van der Waals surface area contributed by atoms with Gasteiger partial charge in [0.05, 0.1) is 17.2 Å². The molecule has 0 aliphatic rings. The van der Waals surface area contributed by atoms with E-state index >= 15 is 0 Å². The molecule has 4 heteroatoms. The molecule has 0 aromatic rings. The van der Waals surface area contributed by atoms with Crippen LogP contribution in [0.2, 0.25) is 0 Å². The van der Waals surface area contributed by atoms with Crippen molar-refractivity contribution in [2.75, 3.05) is 11.5 Å². The van der Waals surface area contributed by atoms with Gasteiger partial charge in [-0.3, -0.25) is 0 Å². The largest absolute Gasteiger partial charge is 0.229 e. The van der Waals surface area contributed by atoms with E-state index in [-0.39, 0.29) is 11.5 Å². The molecule has 0 rings (SSSR count). The van der Waals surface area contributed by atoms with Crippen LogP contribution in [0.15, 0.2) is 0 Å². The van der Waals surface area contributed by atoms with Gasteiger partial charge in [-0.25, -0.2) is 8.42 Å². The summed E-state index contributed by atoms with van der Waals surface area (Å²) in [6, 6.07) is 2.18. The van der Waals surface area contributed by atoms with E-state index in [9.17, 15) is 8.42 Å². The Morgan fingerprint density at radius 3 is 2.21 bits per heavy atom. The predicted octanol–water partition coefficient (Wildman–Crippen LogP) is 2.14. The third-order valence-electron chi connectivity index (χ3n) is 2.53. The minimum Gasteiger partial charge on any atom is -0.229 e. The first-order chi connectivity index (χ1) is 6.39. The lowest BCUT2D eigenvalue weighted by atomic mass is 9.87. The Balaban J connectivity index is 4.26. The van der Waals surface area contributed by atoms with Gasteiger partial charge in [-0.1, -0.05) is 13.8 Å². The Bertz CT molecular complexity index is 303. The molecular formula is C10H19NO2S. The number of rotatable bonds is 6. The summed E-state index contributed by atoms with van der Waals surface area (Å²) in [5.41, 5.74) is -0.485. The van der Waals surface area contributed by atoms with Crippen molar-refractivity contribution in [3.8, 4) is 6.07 Å². The van der Waals surface area contributed by atoms with Gasteiger partial charge >= 0.3 is 0 Å². The third kappa shape index (κ3) is 4.61. The Hall–Kier alpha value is -0.560. The molecule has 0 saturated heterocycles. The van der Waals surface area contributed by atoms with Crippen LogP contribution in [0.5, 0.6) is 0 Å². The van der Waals surface area contributed by atoms with Crippen molar-refractivity contribution in [3.63, 3.8) is 0 Å². The first-order valence-electron chi connectivity index (χ1n) is 5.01. The molecule has 1 unspecified atom stereocenters. The van der Waals surface area contributed by atoms with E-state index in [4.69, 9.17) is 5.26 Å². The molecule has 0 heterocycles. The van der Waals surface area contributed by atoms with Gasteiger partial charge in [-0.05, 0) is 26.2 Å². The summed E-state index contributed by atoms with van der Waals surface area (Å²) in [5.74, 6) is 0.372. The van der Waals surface area contributed by atoms with Crippen LogP contribution in [0, 0.1) is 16.7 Å². The summed E-state index contributed by atoms with van der Waals surface area (Å²) in [6.45, 7) is 5.57. The summed E-state index contributed by atoms with van der Waals surface area (Å²) in [6.07, 6.45) is 1.80. The second kappa shape index (κ2) is 5.35. The van der Waals surface area contributed by atoms with Gasteiger partial charge in [-0.15, -0.1) is 0 Å². The Labute approximate surface area is 87.0 Å². The molecule has 0 bridgehead atoms. The minimum atomic E-state index is -2.94. The van der Waals surface area contributed by atoms with Gasteiger partial charge in [0.25, 0.3) is 0 Å². The normalized spacial score (nSPS) is 15.9. The van der Waals surface area contributed by atoms with E-state index in [0.29, 0.717) is 19.3 Å². The van der Waals surface area contributed by atoms with Crippen molar-refractivity contribution in [2.45, 2.75) is 40.0 Å². The zero-order chi connectivity index (χ0) is 11.2. The van der Waals surface area contributed by atoms with E-state index in [1.165, 1.54) is 0 Å². The number of nitriles is 1. The van der Waals surface area contributed by atoms with Crippen molar-refractivity contribution < 1.29 is 8.42 Å². The smallest absolute Gasteiger partial charge is 0.150 e. The maximum atomic E-state index is 11.4. The Morgan fingerprint density at radius 1 is 1.29 bits per heavy atom. The zero-order valence-corrected chi connectivity index (χ0v) is 10.0. The first-order valence-corrected chi connectivity index (χ1v) is 6.83. The summed E-state index contributed by atoms with van der Waals surface area (Å²) in [7, 11) is -2.94. The fraction of sp³-hybridized carbons (Fsp3) is 0.900. The molecule has 3 nitrogen and oxygen atoms in total. The topological polar surface area (TPSA) is 57.9 Å². The molecule has 0 aromatic heterocycles. The van der Waals surface area contributed by atoms with Gasteiger partial charge in [0.2, 0.25) is 0 Å². The van der Waals surface area contributed by atoms with Crippen LogP contribution in [-0.2, 0) is 9.84 Å². The van der Waals surface area contributed by atoms with Gasteiger partial charge in [0, 0.05) is 5.75 Å². The highest BCUT2D eigenvalue weighted by Crippen LogP contribution is 2.25. The van der Waals surface area contributed by atoms with Crippen LogP contribution >= 0.6 is 0 Å². The molecule has 14 heavy (non-hydrogen) atoms. The van der Waals surface area contributed by atoms with E-state index in [0.717, 1.165) is 0 Å². The molecular weight excluding hydrogens is 198 g/mol. The highest BCUT2D eigenvalue weighted by molar-refractivity contribution is 7.91. The van der Waals surface area contributed by atoms with E-state index in [2.05, 4.69) is 6.07 Å². The summed E-state index contributed by atoms with van der Waals surface area (Å²) < 4.78 is 22.8. The summed E-state index contributed by atoms with van der Waals surface area (Å²) in [5, 5.41) is 8.87. The Kier molecular flexibility index (Phi) is 5.14. The fourth-order valence-electron chi connectivity index (χ4n) is 1.11. The van der Waals surface area contributed by atoms with Gasteiger partial charge in [0.15, 0.2) is 0 Å². The van der Waals surface area contributed by atoms with Crippen molar-refractivity contribution in [3.05, 3.63) is 0 Å². The van der Waals surface area contributed by atoms with Crippen molar-refractivity contribution in [1.29, 1.82) is 5.26 Å². The number of nitrogens with zero attached hydrogens (tertiary/aromatic N) is 1. The maximum absolute atomic E-state index is 11.4. The average Bonchev–Trinajstić information content (AvgIpc) is 2.14. The van der Waals surface area contributed by atoms with Crippen molar-refractivity contribution in [1.82, 2.24) is 0 Å². The molecule has 0 aromatic carbocycles. The molecule has 0 aliphatic carbocycles. The quantitative estimate of drug-likeness (QED) is 0.685. The summed E-state index contributed by atoms with van der Waals surface area (Å²) >= 11 is 0. The molecule has 0 saturated carbocycles. The predicted molar refractivity (Wildman–Crippen MR) is 57.6 cm³/mol. The van der Waals surface area contributed by atoms with Gasteiger partial charge < -0.3 is 0 Å². The summed E-state index contributed by atoms with van der Waals surface area (Å²) in [4.78, 5) is 0. The molecule has 0 N–H and O–H groups in total. The molecule has 0 aliphatic heterocycles. The molecule has 1 atom stereocenters. The van der Waals surface area contributed by atoms with Gasteiger partial charge in [-0.2, -0.15) is 5.26 Å². The highest BCUT2D eigenvalue weighted by Gasteiger charge is 2.24. The lowest BCUT2D eigenvalue weighted by molar-refractivity contribution is 0.409. The number of hydrogen-bond acceptors (Lipinski definition) is 3. The molecule has 0 spiro atoms. The average molecular weight is 217 g/mol. The SMILES string of the molecule is CCCS(=O)(=O)CCC(C)(C#N)CC. The fourth-order valence-corrected chi connectivity index (χ4v) is 2.69. The van der Waals surface area contributed by atoms with E-state index < -0.39 is 15.3 Å². The van der Waals surface area contributed by atoms with Crippen LogP contribution in [0.3, 0.4) is 0 Å². The van der Waals surface area contributed by atoms with Crippen LogP contribution in [-0.4, -0.2) is 19.9 Å². The van der Waals surface area contributed by atoms with Crippen molar-refractivity contribution >= 4 is 9.84 Å². The van der Waals surface area contributed by atoms with Crippen LogP contribution in [0.4, 0.5) is 0 Å². The molecule has 0 radical (unpaired) electrons. The number of hydrogen-bond donors (Lipinski definition) is 0. The molecule has 0 amide bonds. The van der Waals surface area contributed by atoms with E-state index in [1.807, 2.05) is 20.8 Å². The maximum Gasteiger partial charge on any atom is 0.150 e. The third-order valence-corrected chi connectivity index (χ3v) is 4.39. The standard InChI is InChI=1S/C10H19NO2S/c1-4-7-14(12,13)8-6-10(3,5-2)9-11/h4-8H2,1-3H3. The monoisotopic (exact) mass is 217 g/mol. The lowest BCUT2D eigenvalue weighted by Crippen LogP contribution is -2.20. The second-order valence-corrected chi connectivity index (χ2v) is 6.23. The molecule has 0 fully saturated rings. The van der Waals surface area contributed by atoms with Crippen LogP contribution < -0.4 is 0 Å². The highest BCUT2D eigenvalue weighted by atomic mass is 32.2. The second-order valence-electron chi connectivity index (χ2n) is 3.93. The van der Waals surface area contributed by atoms with Crippen LogP contribution in [0.1, 0.15) is 40.0 Å². The van der Waals surface area contributed by atoms with Gasteiger partial charge in [0.1, 0.15) is 9.84 Å². The number of sulfone groups is 1.